The topological polar surface area (TPSA) is 50.2 Å². The number of pyridine rings is 1. The minimum atomic E-state index is -0.337. The molecule has 2 atom stereocenters. The summed E-state index contributed by atoms with van der Waals surface area (Å²) in [5, 5.41) is 14.4. The minimum absolute atomic E-state index is 0. The number of benzene rings is 2. The summed E-state index contributed by atoms with van der Waals surface area (Å²) in [7, 11) is 0. The maximum atomic E-state index is 12.2. The van der Waals surface area contributed by atoms with Crippen molar-refractivity contribution in [2.45, 2.75) is 119 Å². The third-order valence-corrected chi connectivity index (χ3v) is 14.6. The Hall–Kier alpha value is -2.76. The average molecular weight is 925 g/mol. The van der Waals surface area contributed by atoms with Crippen molar-refractivity contribution in [2.75, 3.05) is 0 Å². The Bertz CT molecular complexity index is 2100. The predicted octanol–water partition coefficient (Wildman–Crippen LogP) is 14.1. The van der Waals surface area contributed by atoms with Crippen LogP contribution in [0.2, 0.25) is 0 Å². The number of rotatable bonds is 9. The zero-order valence-corrected chi connectivity index (χ0v) is 37.8. The molecule has 53 heavy (non-hydrogen) atoms. The van der Waals surface area contributed by atoms with Crippen LogP contribution in [0.25, 0.3) is 37.2 Å². The summed E-state index contributed by atoms with van der Waals surface area (Å²) >= 11 is 3.83. The molecule has 0 saturated heterocycles. The first-order chi connectivity index (χ1) is 24.5. The molecule has 1 N–H and O–H groups in total. The number of fused-ring (bicyclic) bond motifs is 3. The molecule has 0 amide bonds. The van der Waals surface area contributed by atoms with Gasteiger partial charge in [-0.25, -0.2) is 0 Å². The van der Waals surface area contributed by atoms with Crippen LogP contribution in [0.15, 0.2) is 78.1 Å². The van der Waals surface area contributed by atoms with Gasteiger partial charge in [-0.3, -0.25) is 9.78 Å². The molecule has 2 aromatic heterocycles. The first-order valence-electron chi connectivity index (χ1n) is 19.1. The number of carbonyl (C=O) groups is 1. The molecule has 6 rings (SSSR count). The van der Waals surface area contributed by atoms with Gasteiger partial charge in [0.2, 0.25) is 0 Å². The number of carbonyl (C=O) groups excluding carboxylic acids is 1. The van der Waals surface area contributed by atoms with E-state index in [-0.39, 0.29) is 47.9 Å². The van der Waals surface area contributed by atoms with E-state index in [1.165, 1.54) is 48.9 Å². The van der Waals surface area contributed by atoms with E-state index in [1.54, 1.807) is 0 Å². The molecule has 0 fully saturated rings. The summed E-state index contributed by atoms with van der Waals surface area (Å²) in [5.74, 6) is 0.764. The number of ketones is 1. The van der Waals surface area contributed by atoms with Gasteiger partial charge in [0.15, 0.2) is 5.78 Å². The zero-order chi connectivity index (χ0) is 38.2. The molecular weight excluding hydrogens is 867 g/mol. The van der Waals surface area contributed by atoms with Crippen LogP contribution in [0, 0.1) is 36.7 Å². The van der Waals surface area contributed by atoms with Crippen LogP contribution < -0.4 is 0 Å². The molecule has 0 spiro atoms. The molecular formula is C47H58IrNO2S2-. The molecule has 2 aromatic carbocycles. The van der Waals surface area contributed by atoms with Crippen molar-refractivity contribution in [3.63, 3.8) is 0 Å². The summed E-state index contributed by atoms with van der Waals surface area (Å²) in [5.41, 5.74) is 7.04. The van der Waals surface area contributed by atoms with E-state index in [1.807, 2.05) is 64.6 Å². The standard InChI is InChI=1S/C32H30NS2.C15H28O2.Ir/c1-18-20(3)34-31-29(18)25(30-19(2)23-12-9-10-14-28(23)35-30)17-27(33-31)22-15-21-11-7-8-13-24(21)26(16-22)32(4,5)6;1-7-14(5,8-2)12(16)11-13(17)15(6,9-3)10-4;/h7-14,16-17,23,28H,1-6H3;11,16H,7-10H2,1-6H3;/q-1;;/b;12-11-;. The van der Waals surface area contributed by atoms with Gasteiger partial charge in [-0.2, -0.15) is 0 Å². The number of aliphatic hydroxyl groups excluding tert-OH is 1. The molecule has 1 radical (unpaired) electrons. The largest absolute Gasteiger partial charge is 0.512 e. The Morgan fingerprint density at radius 2 is 1.53 bits per heavy atom. The molecule has 2 aliphatic rings. The van der Waals surface area contributed by atoms with Crippen molar-refractivity contribution in [3.05, 3.63) is 106 Å². The fourth-order valence-electron chi connectivity index (χ4n) is 7.09. The minimum Gasteiger partial charge on any atom is -0.512 e. The van der Waals surface area contributed by atoms with Crippen LogP contribution >= 0.6 is 23.1 Å². The van der Waals surface area contributed by atoms with Gasteiger partial charge in [-0.15, -0.1) is 52.2 Å². The molecule has 1 aliphatic carbocycles. The van der Waals surface area contributed by atoms with Crippen molar-refractivity contribution >= 4 is 54.8 Å². The van der Waals surface area contributed by atoms with Crippen molar-refractivity contribution < 1.29 is 30.0 Å². The number of nitrogens with zero attached hydrogens (tertiary/aromatic N) is 1. The first-order valence-corrected chi connectivity index (χ1v) is 20.8. The molecule has 4 aromatic rings. The monoisotopic (exact) mass is 925 g/mol. The van der Waals surface area contributed by atoms with Gasteiger partial charge in [0.05, 0.1) is 0 Å². The SMILES string of the molecule is CC1=C(c2cc(-c3[c-]c4ccccc4c(C(C)(C)C)c3)nc3sc(C)c(C)c23)SC2C=CC=CC12.CCC(C)(CC)C(=O)/C=C(\O)C(C)(CC)CC.[Ir]. The third-order valence-electron chi connectivity index (χ3n) is 12.0. The van der Waals surface area contributed by atoms with Crippen molar-refractivity contribution in [1.29, 1.82) is 0 Å². The van der Waals surface area contributed by atoms with E-state index in [0.29, 0.717) is 11.2 Å². The maximum Gasteiger partial charge on any atom is 0.164 e. The number of aliphatic hydroxyl groups is 1. The van der Waals surface area contributed by atoms with Crippen LogP contribution in [0.4, 0.5) is 0 Å². The summed E-state index contributed by atoms with van der Waals surface area (Å²) < 4.78 is 0. The number of aromatic nitrogens is 1. The Balaban J connectivity index is 0.000000299. The quantitative estimate of drug-likeness (QED) is 0.103. The molecule has 3 heterocycles. The van der Waals surface area contributed by atoms with E-state index in [4.69, 9.17) is 4.98 Å². The van der Waals surface area contributed by atoms with E-state index in [0.717, 1.165) is 47.2 Å². The number of thiophene rings is 1. The smallest absolute Gasteiger partial charge is 0.164 e. The Labute approximate surface area is 340 Å². The van der Waals surface area contributed by atoms with Gasteiger partial charge in [-0.05, 0) is 63.0 Å². The number of thioether (sulfide) groups is 1. The van der Waals surface area contributed by atoms with Gasteiger partial charge in [0.1, 0.15) is 10.6 Å². The Morgan fingerprint density at radius 1 is 0.906 bits per heavy atom. The van der Waals surface area contributed by atoms with Crippen molar-refractivity contribution in [2.24, 2.45) is 16.7 Å². The Kier molecular flexibility index (Phi) is 13.7. The molecule has 3 nitrogen and oxygen atoms in total. The van der Waals surface area contributed by atoms with Gasteiger partial charge in [0.25, 0.3) is 0 Å². The van der Waals surface area contributed by atoms with Crippen LogP contribution in [0.1, 0.15) is 116 Å². The summed E-state index contributed by atoms with van der Waals surface area (Å²) in [6.07, 6.45) is 13.8. The van der Waals surface area contributed by atoms with E-state index in [9.17, 15) is 9.90 Å². The van der Waals surface area contributed by atoms with Crippen molar-refractivity contribution in [3.8, 4) is 11.3 Å². The maximum absolute atomic E-state index is 12.2. The second kappa shape index (κ2) is 16.9. The molecule has 0 bridgehead atoms. The summed E-state index contributed by atoms with van der Waals surface area (Å²) in [6, 6.07) is 17.0. The molecule has 6 heteroatoms. The van der Waals surface area contributed by atoms with Gasteiger partial charge in [0, 0.05) is 69.0 Å². The molecule has 2 unspecified atom stereocenters. The normalized spacial score (nSPS) is 17.5. The molecule has 0 saturated carbocycles. The summed E-state index contributed by atoms with van der Waals surface area (Å²) in [6.45, 7) is 25.7. The van der Waals surface area contributed by atoms with E-state index in [2.05, 4.69) is 108 Å². The van der Waals surface area contributed by atoms with Crippen LogP contribution in [-0.4, -0.2) is 21.1 Å². The predicted molar refractivity (Wildman–Crippen MR) is 228 cm³/mol. The van der Waals surface area contributed by atoms with Crippen LogP contribution in [0.5, 0.6) is 0 Å². The number of hydrogen-bond donors (Lipinski definition) is 1. The molecule has 285 valence electrons. The van der Waals surface area contributed by atoms with Crippen molar-refractivity contribution in [1.82, 2.24) is 4.98 Å². The third kappa shape index (κ3) is 8.57. The average Bonchev–Trinajstić information content (AvgIpc) is 3.63. The van der Waals surface area contributed by atoms with E-state index < -0.39 is 0 Å². The Morgan fingerprint density at radius 3 is 2.13 bits per heavy atom. The summed E-state index contributed by atoms with van der Waals surface area (Å²) in [4.78, 5) is 21.3. The van der Waals surface area contributed by atoms with Crippen LogP contribution in [0.3, 0.4) is 0 Å². The van der Waals surface area contributed by atoms with Gasteiger partial charge in [-0.1, -0.05) is 127 Å². The number of aryl methyl sites for hydroxylation is 2. The van der Waals surface area contributed by atoms with E-state index >= 15 is 0 Å². The number of hydrogen-bond acceptors (Lipinski definition) is 5. The molecule has 1 aliphatic heterocycles. The zero-order valence-electron chi connectivity index (χ0n) is 33.8. The fourth-order valence-corrected chi connectivity index (χ4v) is 9.64. The number of allylic oxidation sites excluding steroid dienone is 6. The van der Waals surface area contributed by atoms with Gasteiger partial charge < -0.3 is 5.11 Å². The second-order valence-electron chi connectivity index (χ2n) is 16.2. The fraction of sp³-hybridized carbons (Fsp3) is 0.447. The second-order valence-corrected chi connectivity index (χ2v) is 18.6. The van der Waals surface area contributed by atoms with Gasteiger partial charge >= 0.3 is 0 Å². The first kappa shape index (κ1) is 43.0. The van der Waals surface area contributed by atoms with Crippen LogP contribution in [-0.2, 0) is 30.3 Å².